The van der Waals surface area contributed by atoms with Crippen molar-refractivity contribution >= 4 is 29.1 Å². The third-order valence-corrected chi connectivity index (χ3v) is 3.78. The first-order valence-corrected chi connectivity index (χ1v) is 7.05. The number of ketones is 2. The molecule has 3 rings (SSSR count). The molecular formula is C18H13NO4. The number of benzene rings is 2. The maximum atomic E-state index is 12.5. The first kappa shape index (κ1) is 14.8. The van der Waals surface area contributed by atoms with Gasteiger partial charge in [-0.25, -0.2) is 4.90 Å². The van der Waals surface area contributed by atoms with Crippen molar-refractivity contribution in [2.24, 2.45) is 0 Å². The number of anilines is 1. The standard InChI is InChI=1S/C18H13NO4/c1-10(20)12-7-13(11(2)21)9-14(8-12)19-17(22)15-5-3-4-6-16(15)18(19)23/h3-9H,1-2H3. The largest absolute Gasteiger partial charge is 0.295 e. The second-order valence-electron chi connectivity index (χ2n) is 5.37. The molecule has 1 aliphatic heterocycles. The lowest BCUT2D eigenvalue weighted by Gasteiger charge is -2.16. The molecule has 0 atom stereocenters. The van der Waals surface area contributed by atoms with E-state index in [0.29, 0.717) is 11.1 Å². The molecule has 2 aromatic rings. The van der Waals surface area contributed by atoms with E-state index in [2.05, 4.69) is 0 Å². The van der Waals surface area contributed by atoms with Gasteiger partial charge in [-0.15, -0.1) is 0 Å². The maximum absolute atomic E-state index is 12.5. The van der Waals surface area contributed by atoms with Crippen LogP contribution < -0.4 is 4.90 Å². The van der Waals surface area contributed by atoms with E-state index in [1.165, 1.54) is 32.0 Å². The summed E-state index contributed by atoms with van der Waals surface area (Å²) in [5.41, 5.74) is 1.42. The van der Waals surface area contributed by atoms with Crippen LogP contribution in [0.4, 0.5) is 5.69 Å². The van der Waals surface area contributed by atoms with Gasteiger partial charge >= 0.3 is 0 Å². The molecule has 2 aromatic carbocycles. The number of hydrogen-bond acceptors (Lipinski definition) is 4. The number of hydrogen-bond donors (Lipinski definition) is 0. The molecule has 23 heavy (non-hydrogen) atoms. The summed E-state index contributed by atoms with van der Waals surface area (Å²) in [4.78, 5) is 49.4. The number of carbonyl (C=O) groups excluding carboxylic acids is 4. The molecule has 0 spiro atoms. The van der Waals surface area contributed by atoms with Crippen LogP contribution in [0.3, 0.4) is 0 Å². The molecule has 0 unspecified atom stereocenters. The molecule has 5 nitrogen and oxygen atoms in total. The monoisotopic (exact) mass is 307 g/mol. The van der Waals surface area contributed by atoms with Crippen LogP contribution in [0.15, 0.2) is 42.5 Å². The van der Waals surface area contributed by atoms with Gasteiger partial charge < -0.3 is 0 Å². The van der Waals surface area contributed by atoms with Gasteiger partial charge in [0.25, 0.3) is 11.8 Å². The average Bonchev–Trinajstić information content (AvgIpc) is 2.79. The fourth-order valence-electron chi connectivity index (χ4n) is 2.57. The van der Waals surface area contributed by atoms with Gasteiger partial charge in [0, 0.05) is 11.1 Å². The zero-order valence-electron chi connectivity index (χ0n) is 12.6. The van der Waals surface area contributed by atoms with Gasteiger partial charge in [0.15, 0.2) is 11.6 Å². The average molecular weight is 307 g/mol. The number of rotatable bonds is 3. The van der Waals surface area contributed by atoms with Crippen LogP contribution in [0.5, 0.6) is 0 Å². The Kier molecular flexibility index (Phi) is 3.41. The minimum atomic E-state index is -0.458. The lowest BCUT2D eigenvalue weighted by atomic mass is 10.0. The number of Topliss-reactive ketones (excluding diaryl/α,β-unsaturated/α-hetero) is 2. The summed E-state index contributed by atoms with van der Waals surface area (Å²) >= 11 is 0. The highest BCUT2D eigenvalue weighted by Crippen LogP contribution is 2.30. The van der Waals surface area contributed by atoms with Gasteiger partial charge in [-0.05, 0) is 44.2 Å². The molecule has 5 heteroatoms. The number of nitrogens with zero attached hydrogens (tertiary/aromatic N) is 1. The SMILES string of the molecule is CC(=O)c1cc(C(C)=O)cc(N2C(=O)c3ccccc3C2=O)c1. The number of fused-ring (bicyclic) bond motifs is 1. The molecule has 1 aliphatic rings. The van der Waals surface area contributed by atoms with Crippen molar-refractivity contribution in [1.82, 2.24) is 0 Å². The predicted molar refractivity (Wildman–Crippen MR) is 84.0 cm³/mol. The summed E-state index contributed by atoms with van der Waals surface area (Å²) in [5.74, 6) is -1.40. The Bertz CT molecular complexity index is 815. The normalized spacial score (nSPS) is 13.2. The van der Waals surface area contributed by atoms with E-state index in [1.807, 2.05) is 0 Å². The highest BCUT2D eigenvalue weighted by Gasteiger charge is 2.36. The quantitative estimate of drug-likeness (QED) is 0.645. The molecule has 0 radical (unpaired) electrons. The van der Waals surface area contributed by atoms with E-state index < -0.39 is 11.8 Å². The Morgan fingerprint density at radius 3 is 1.61 bits per heavy atom. The Morgan fingerprint density at radius 2 is 1.22 bits per heavy atom. The highest BCUT2D eigenvalue weighted by molar-refractivity contribution is 6.34. The fraction of sp³-hybridized carbons (Fsp3) is 0.111. The van der Waals surface area contributed by atoms with Gasteiger partial charge in [-0.2, -0.15) is 0 Å². The van der Waals surface area contributed by atoms with Crippen LogP contribution in [0.2, 0.25) is 0 Å². The van der Waals surface area contributed by atoms with Crippen molar-refractivity contribution < 1.29 is 19.2 Å². The van der Waals surface area contributed by atoms with Crippen LogP contribution in [-0.2, 0) is 0 Å². The first-order chi connectivity index (χ1) is 10.9. The molecule has 0 bridgehead atoms. The molecule has 0 saturated carbocycles. The zero-order valence-corrected chi connectivity index (χ0v) is 12.6. The van der Waals surface area contributed by atoms with Crippen LogP contribution in [0.1, 0.15) is 55.3 Å². The summed E-state index contributed by atoms with van der Waals surface area (Å²) in [6.07, 6.45) is 0. The van der Waals surface area contributed by atoms with E-state index in [0.717, 1.165) is 4.90 Å². The highest BCUT2D eigenvalue weighted by atomic mass is 16.2. The summed E-state index contributed by atoms with van der Waals surface area (Å²) in [7, 11) is 0. The van der Waals surface area contributed by atoms with Crippen LogP contribution >= 0.6 is 0 Å². The van der Waals surface area contributed by atoms with E-state index >= 15 is 0 Å². The van der Waals surface area contributed by atoms with Crippen LogP contribution in [-0.4, -0.2) is 23.4 Å². The van der Waals surface area contributed by atoms with Gasteiger partial charge in [-0.1, -0.05) is 12.1 Å². The summed E-state index contributed by atoms with van der Waals surface area (Å²) in [6.45, 7) is 2.73. The number of amides is 2. The zero-order chi connectivity index (χ0) is 16.7. The molecule has 0 aromatic heterocycles. The molecular weight excluding hydrogens is 294 g/mol. The Hall–Kier alpha value is -3.08. The summed E-state index contributed by atoms with van der Waals surface area (Å²) in [5, 5.41) is 0. The van der Waals surface area contributed by atoms with Gasteiger partial charge in [0.05, 0.1) is 16.8 Å². The Morgan fingerprint density at radius 1 is 0.783 bits per heavy atom. The van der Waals surface area contributed by atoms with Gasteiger partial charge in [0.2, 0.25) is 0 Å². The molecule has 2 amide bonds. The summed E-state index contributed by atoms with van der Waals surface area (Å²) < 4.78 is 0. The molecule has 1 heterocycles. The molecule has 0 aliphatic carbocycles. The number of imide groups is 1. The van der Waals surface area contributed by atoms with Crippen molar-refractivity contribution in [2.45, 2.75) is 13.8 Å². The summed E-state index contributed by atoms with van der Waals surface area (Å²) in [6, 6.07) is 10.9. The molecule has 0 saturated heterocycles. The van der Waals surface area contributed by atoms with Crippen molar-refractivity contribution in [3.8, 4) is 0 Å². The number of carbonyl (C=O) groups is 4. The third kappa shape index (κ3) is 2.36. The second-order valence-corrected chi connectivity index (χ2v) is 5.37. The van der Waals surface area contributed by atoms with Crippen molar-refractivity contribution in [2.75, 3.05) is 4.90 Å². The molecule has 114 valence electrons. The van der Waals surface area contributed by atoms with E-state index in [9.17, 15) is 19.2 Å². The van der Waals surface area contributed by atoms with E-state index in [-0.39, 0.29) is 28.4 Å². The lowest BCUT2D eigenvalue weighted by Crippen LogP contribution is -2.29. The fourth-order valence-corrected chi connectivity index (χ4v) is 2.57. The minimum absolute atomic E-state index is 0.231. The van der Waals surface area contributed by atoms with E-state index in [4.69, 9.17) is 0 Å². The van der Waals surface area contributed by atoms with E-state index in [1.54, 1.807) is 24.3 Å². The minimum Gasteiger partial charge on any atom is -0.295 e. The van der Waals surface area contributed by atoms with Gasteiger partial charge in [-0.3, -0.25) is 19.2 Å². The Balaban J connectivity index is 2.16. The Labute approximate surface area is 132 Å². The molecule has 0 fully saturated rings. The van der Waals surface area contributed by atoms with Crippen molar-refractivity contribution in [3.63, 3.8) is 0 Å². The second kappa shape index (κ2) is 5.28. The smallest absolute Gasteiger partial charge is 0.266 e. The molecule has 0 N–H and O–H groups in total. The van der Waals surface area contributed by atoms with Crippen molar-refractivity contribution in [3.05, 3.63) is 64.7 Å². The third-order valence-electron chi connectivity index (χ3n) is 3.78. The maximum Gasteiger partial charge on any atom is 0.266 e. The van der Waals surface area contributed by atoms with Crippen molar-refractivity contribution in [1.29, 1.82) is 0 Å². The first-order valence-electron chi connectivity index (χ1n) is 7.05. The van der Waals surface area contributed by atoms with Crippen LogP contribution in [0.25, 0.3) is 0 Å². The predicted octanol–water partition coefficient (Wildman–Crippen LogP) is 2.89. The lowest BCUT2D eigenvalue weighted by molar-refractivity contribution is 0.0921. The van der Waals surface area contributed by atoms with Crippen LogP contribution in [0, 0.1) is 0 Å². The topological polar surface area (TPSA) is 71.5 Å². The van der Waals surface area contributed by atoms with Gasteiger partial charge in [0.1, 0.15) is 0 Å².